The van der Waals surface area contributed by atoms with Crippen molar-refractivity contribution in [1.82, 2.24) is 9.97 Å². The first-order chi connectivity index (χ1) is 17.5. The molecule has 0 bridgehead atoms. The lowest BCUT2D eigenvalue weighted by atomic mass is 10.0. The summed E-state index contributed by atoms with van der Waals surface area (Å²) in [4.78, 5) is 34.4. The molecular formula is C26H20N6O2S2. The molecule has 2 amide bonds. The van der Waals surface area contributed by atoms with Crippen LogP contribution in [0.2, 0.25) is 0 Å². The van der Waals surface area contributed by atoms with Crippen LogP contribution in [0, 0.1) is 0 Å². The molecule has 0 spiro atoms. The largest absolute Gasteiger partial charge is 0.398 e. The summed E-state index contributed by atoms with van der Waals surface area (Å²) in [5, 5.41) is 8.82. The van der Waals surface area contributed by atoms with Gasteiger partial charge in [-0.2, -0.15) is 0 Å². The lowest BCUT2D eigenvalue weighted by molar-refractivity contribution is 0.100. The van der Waals surface area contributed by atoms with Crippen LogP contribution < -0.4 is 22.1 Å². The zero-order chi connectivity index (χ0) is 25.1. The Morgan fingerprint density at radius 1 is 0.917 bits per heavy atom. The summed E-state index contributed by atoms with van der Waals surface area (Å²) in [6.07, 6.45) is 3.48. The molecule has 6 N–H and O–H groups in total. The second-order valence-corrected chi connectivity index (χ2v) is 9.65. The van der Waals surface area contributed by atoms with E-state index in [1.54, 1.807) is 42.7 Å². The second-order valence-electron chi connectivity index (χ2n) is 7.74. The van der Waals surface area contributed by atoms with Crippen LogP contribution in [-0.4, -0.2) is 21.8 Å². The molecule has 36 heavy (non-hydrogen) atoms. The van der Waals surface area contributed by atoms with Gasteiger partial charge < -0.3 is 22.1 Å². The minimum Gasteiger partial charge on any atom is -0.398 e. The third kappa shape index (κ3) is 4.95. The van der Waals surface area contributed by atoms with E-state index >= 15 is 0 Å². The Hall–Kier alpha value is -4.54. The van der Waals surface area contributed by atoms with E-state index in [-0.39, 0.29) is 10.8 Å². The van der Waals surface area contributed by atoms with Gasteiger partial charge >= 0.3 is 0 Å². The monoisotopic (exact) mass is 512 g/mol. The van der Waals surface area contributed by atoms with E-state index in [9.17, 15) is 9.59 Å². The second kappa shape index (κ2) is 9.98. The Kier molecular flexibility index (Phi) is 6.44. The lowest BCUT2D eigenvalue weighted by Gasteiger charge is -2.07. The van der Waals surface area contributed by atoms with E-state index in [0.29, 0.717) is 32.5 Å². The van der Waals surface area contributed by atoms with Gasteiger partial charge in [-0.05, 0) is 42.5 Å². The van der Waals surface area contributed by atoms with Gasteiger partial charge in [0.05, 0.1) is 10.6 Å². The van der Waals surface area contributed by atoms with Gasteiger partial charge in [0, 0.05) is 51.5 Å². The fourth-order valence-corrected chi connectivity index (χ4v) is 5.26. The molecule has 0 saturated heterocycles. The molecule has 3 heterocycles. The molecule has 178 valence electrons. The number of para-hydroxylation sites is 1. The van der Waals surface area contributed by atoms with Crippen LogP contribution in [0.25, 0.3) is 22.4 Å². The molecule has 0 unspecified atom stereocenters. The van der Waals surface area contributed by atoms with Crippen molar-refractivity contribution >= 4 is 56.7 Å². The molecule has 0 atom stereocenters. The first-order valence-corrected chi connectivity index (χ1v) is 12.5. The van der Waals surface area contributed by atoms with Gasteiger partial charge in [0.2, 0.25) is 0 Å². The Balaban J connectivity index is 1.34. The molecule has 8 nitrogen and oxygen atoms in total. The fourth-order valence-electron chi connectivity index (χ4n) is 3.60. The molecule has 0 aliphatic heterocycles. The summed E-state index contributed by atoms with van der Waals surface area (Å²) < 4.78 is 0. The number of thiazole rings is 1. The number of carbonyl (C=O) groups is 2. The third-order valence-corrected chi connectivity index (χ3v) is 7.17. The van der Waals surface area contributed by atoms with Crippen LogP contribution in [0.4, 0.5) is 22.2 Å². The van der Waals surface area contributed by atoms with Crippen molar-refractivity contribution in [2.24, 2.45) is 5.73 Å². The number of nitrogens with two attached hydrogens (primary N) is 2. The standard InChI is InChI=1S/C26H20N6O2S2/c27-20-9-2-1-8-18(20)19-12-22(36-23(19)24(28)33)25(34)30-16-6-3-7-17(11-16)31-26-32-21(14-35-26)15-5-4-10-29-13-15/h1-14H,27H2,(H2,28,33)(H,30,34)(H,31,32). The van der Waals surface area contributed by atoms with Gasteiger partial charge in [0.1, 0.15) is 4.88 Å². The first kappa shape index (κ1) is 23.2. The molecule has 5 aromatic rings. The van der Waals surface area contributed by atoms with Crippen LogP contribution >= 0.6 is 22.7 Å². The van der Waals surface area contributed by atoms with E-state index < -0.39 is 5.91 Å². The highest BCUT2D eigenvalue weighted by Crippen LogP contribution is 2.35. The number of benzene rings is 2. The highest BCUT2D eigenvalue weighted by atomic mass is 32.1. The average Bonchev–Trinajstić information content (AvgIpc) is 3.53. The number of carbonyl (C=O) groups excluding carboxylic acids is 2. The van der Waals surface area contributed by atoms with Crippen molar-refractivity contribution in [3.05, 3.63) is 94.3 Å². The molecule has 0 fully saturated rings. The fraction of sp³-hybridized carbons (Fsp3) is 0. The summed E-state index contributed by atoms with van der Waals surface area (Å²) in [6, 6.07) is 19.9. The smallest absolute Gasteiger partial charge is 0.265 e. The maximum atomic E-state index is 13.0. The van der Waals surface area contributed by atoms with Crippen LogP contribution in [0.1, 0.15) is 19.3 Å². The lowest BCUT2D eigenvalue weighted by Crippen LogP contribution is -2.11. The number of anilines is 4. The summed E-state index contributed by atoms with van der Waals surface area (Å²) in [6.45, 7) is 0. The van der Waals surface area contributed by atoms with Crippen LogP contribution in [0.3, 0.4) is 0 Å². The summed E-state index contributed by atoms with van der Waals surface area (Å²) >= 11 is 2.51. The maximum Gasteiger partial charge on any atom is 0.265 e. The predicted molar refractivity (Wildman–Crippen MR) is 146 cm³/mol. The minimum atomic E-state index is -0.613. The molecule has 0 saturated carbocycles. The maximum absolute atomic E-state index is 13.0. The number of amides is 2. The van der Waals surface area contributed by atoms with Crippen molar-refractivity contribution in [2.75, 3.05) is 16.4 Å². The minimum absolute atomic E-state index is 0.279. The average molecular weight is 513 g/mol. The van der Waals surface area contributed by atoms with Gasteiger partial charge in [-0.25, -0.2) is 4.98 Å². The molecule has 0 aliphatic carbocycles. The quantitative estimate of drug-likeness (QED) is 0.209. The topological polar surface area (TPSA) is 136 Å². The number of hydrogen-bond donors (Lipinski definition) is 4. The number of rotatable bonds is 7. The highest BCUT2D eigenvalue weighted by molar-refractivity contribution is 7.16. The number of aromatic nitrogens is 2. The van der Waals surface area contributed by atoms with Gasteiger partial charge in [-0.15, -0.1) is 22.7 Å². The van der Waals surface area contributed by atoms with Crippen molar-refractivity contribution in [1.29, 1.82) is 0 Å². The third-order valence-electron chi connectivity index (χ3n) is 5.26. The number of nitrogen functional groups attached to an aromatic ring is 1. The van der Waals surface area contributed by atoms with Crippen molar-refractivity contribution in [3.8, 4) is 22.4 Å². The van der Waals surface area contributed by atoms with E-state index in [1.807, 2.05) is 41.8 Å². The first-order valence-electron chi connectivity index (χ1n) is 10.8. The van der Waals surface area contributed by atoms with Gasteiger partial charge in [-0.3, -0.25) is 14.6 Å². The molecule has 3 aromatic heterocycles. The van der Waals surface area contributed by atoms with Crippen molar-refractivity contribution in [3.63, 3.8) is 0 Å². The molecule has 5 rings (SSSR count). The van der Waals surface area contributed by atoms with E-state index in [4.69, 9.17) is 11.5 Å². The molecule has 0 aliphatic rings. The Morgan fingerprint density at radius 3 is 2.53 bits per heavy atom. The van der Waals surface area contributed by atoms with Crippen LogP contribution in [-0.2, 0) is 0 Å². The zero-order valence-electron chi connectivity index (χ0n) is 18.8. The summed E-state index contributed by atoms with van der Waals surface area (Å²) in [7, 11) is 0. The molecule has 0 radical (unpaired) electrons. The van der Waals surface area contributed by atoms with Crippen LogP contribution in [0.15, 0.2) is 84.5 Å². The Morgan fingerprint density at radius 2 is 1.75 bits per heavy atom. The zero-order valence-corrected chi connectivity index (χ0v) is 20.4. The Bertz CT molecular complexity index is 1560. The van der Waals surface area contributed by atoms with E-state index in [2.05, 4.69) is 20.6 Å². The van der Waals surface area contributed by atoms with Crippen molar-refractivity contribution < 1.29 is 9.59 Å². The highest BCUT2D eigenvalue weighted by Gasteiger charge is 2.20. The van der Waals surface area contributed by atoms with E-state index in [1.165, 1.54) is 11.3 Å². The number of hydrogen-bond acceptors (Lipinski definition) is 8. The molecule has 2 aromatic carbocycles. The summed E-state index contributed by atoms with van der Waals surface area (Å²) in [5.74, 6) is -0.967. The number of pyridine rings is 1. The van der Waals surface area contributed by atoms with Gasteiger partial charge in [-0.1, -0.05) is 24.3 Å². The molecular weight excluding hydrogens is 492 g/mol. The summed E-state index contributed by atoms with van der Waals surface area (Å²) in [5.41, 5.74) is 16.5. The van der Waals surface area contributed by atoms with Gasteiger partial charge in [0.15, 0.2) is 5.13 Å². The normalized spacial score (nSPS) is 10.7. The number of nitrogens with one attached hydrogen (secondary N) is 2. The van der Waals surface area contributed by atoms with Crippen LogP contribution in [0.5, 0.6) is 0 Å². The van der Waals surface area contributed by atoms with E-state index in [0.717, 1.165) is 28.3 Å². The Labute approximate surface area is 214 Å². The number of thiophene rings is 1. The van der Waals surface area contributed by atoms with Gasteiger partial charge in [0.25, 0.3) is 11.8 Å². The SMILES string of the molecule is NC(=O)c1sc(C(=O)Nc2cccc(Nc3nc(-c4cccnc4)cs3)c2)cc1-c1ccccc1N. The number of nitrogens with zero attached hydrogens (tertiary/aromatic N) is 2. The van der Waals surface area contributed by atoms with Crippen molar-refractivity contribution in [2.45, 2.75) is 0 Å². The number of primary amides is 1. The molecule has 10 heteroatoms. The predicted octanol–water partition coefficient (Wildman–Crippen LogP) is 5.61.